The number of aliphatic imine (C=N–C) groups is 1. The van der Waals surface area contributed by atoms with Crippen molar-refractivity contribution in [2.24, 2.45) is 4.99 Å². The van der Waals surface area contributed by atoms with Crippen molar-refractivity contribution in [2.75, 3.05) is 7.11 Å². The predicted molar refractivity (Wildman–Crippen MR) is 92.1 cm³/mol. The summed E-state index contributed by atoms with van der Waals surface area (Å²) in [7, 11) is 1.50. The van der Waals surface area contributed by atoms with Gasteiger partial charge in [-0.15, -0.1) is 0 Å². The maximum atomic E-state index is 10.9. The van der Waals surface area contributed by atoms with Crippen LogP contribution in [0.15, 0.2) is 51.9 Å². The Morgan fingerprint density at radius 2 is 1.91 bits per heavy atom. The Hall–Kier alpha value is -2.34. The first-order valence-electron chi connectivity index (χ1n) is 6.86. The molecule has 2 rings (SSSR count). The van der Waals surface area contributed by atoms with Crippen molar-refractivity contribution >= 4 is 33.8 Å². The highest BCUT2D eigenvalue weighted by Crippen LogP contribution is 2.28. The first kappa shape index (κ1) is 17.0. The van der Waals surface area contributed by atoms with E-state index in [1.54, 1.807) is 24.4 Å². The van der Waals surface area contributed by atoms with E-state index >= 15 is 0 Å². The van der Waals surface area contributed by atoms with Gasteiger partial charge in [0.1, 0.15) is 0 Å². The molecule has 0 unspecified atom stereocenters. The molecule has 0 saturated heterocycles. The minimum atomic E-state index is -1.03. The van der Waals surface area contributed by atoms with Gasteiger partial charge >= 0.3 is 5.97 Å². The number of carboxylic acids is 1. The van der Waals surface area contributed by atoms with Crippen molar-refractivity contribution in [3.05, 3.63) is 52.5 Å². The van der Waals surface area contributed by atoms with Gasteiger partial charge in [0.2, 0.25) is 0 Å². The van der Waals surface area contributed by atoms with E-state index in [0.29, 0.717) is 11.5 Å². The fourth-order valence-corrected chi connectivity index (χ4v) is 2.04. The fourth-order valence-electron chi connectivity index (χ4n) is 1.78. The number of aliphatic carboxylic acids is 1. The van der Waals surface area contributed by atoms with Gasteiger partial charge in [0.05, 0.1) is 12.8 Å². The Kier molecular flexibility index (Phi) is 5.76. The summed E-state index contributed by atoms with van der Waals surface area (Å²) in [4.78, 5) is 15.2. The van der Waals surface area contributed by atoms with Crippen LogP contribution in [-0.2, 0) is 4.79 Å². The highest BCUT2D eigenvalue weighted by atomic mass is 79.9. The van der Waals surface area contributed by atoms with Crippen LogP contribution < -0.4 is 9.47 Å². The van der Waals surface area contributed by atoms with E-state index in [4.69, 9.17) is 14.6 Å². The lowest BCUT2D eigenvalue weighted by Crippen LogP contribution is -2.23. The highest BCUT2D eigenvalue weighted by Gasteiger charge is 2.15. The third-order valence-corrected chi connectivity index (χ3v) is 3.56. The summed E-state index contributed by atoms with van der Waals surface area (Å²) in [5.74, 6) is -0.200. The van der Waals surface area contributed by atoms with E-state index in [2.05, 4.69) is 20.9 Å². The Morgan fingerprint density at radius 3 is 2.52 bits per heavy atom. The Labute approximate surface area is 142 Å². The molecule has 6 heteroatoms. The summed E-state index contributed by atoms with van der Waals surface area (Å²) in [5.41, 5.74) is 1.65. The molecule has 0 heterocycles. The van der Waals surface area contributed by atoms with Gasteiger partial charge in [-0.1, -0.05) is 15.9 Å². The van der Waals surface area contributed by atoms with Crippen LogP contribution in [0.1, 0.15) is 12.5 Å². The van der Waals surface area contributed by atoms with E-state index in [1.165, 1.54) is 14.0 Å². The summed E-state index contributed by atoms with van der Waals surface area (Å²) in [6, 6.07) is 12.8. The van der Waals surface area contributed by atoms with E-state index in [9.17, 15) is 4.79 Å². The molecule has 1 N–H and O–H groups in total. The second kappa shape index (κ2) is 7.78. The van der Waals surface area contributed by atoms with Crippen molar-refractivity contribution in [3.63, 3.8) is 0 Å². The number of hydrogen-bond donors (Lipinski definition) is 1. The summed E-state index contributed by atoms with van der Waals surface area (Å²) in [6.07, 6.45) is 0.752. The number of carboxylic acid groups (broad SMARTS) is 1. The van der Waals surface area contributed by atoms with Crippen LogP contribution in [0.3, 0.4) is 0 Å². The number of hydrogen-bond acceptors (Lipinski definition) is 4. The molecule has 0 spiro atoms. The van der Waals surface area contributed by atoms with Gasteiger partial charge in [-0.2, -0.15) is 0 Å². The second-order valence-corrected chi connectivity index (χ2v) is 5.66. The van der Waals surface area contributed by atoms with Gasteiger partial charge in [0, 0.05) is 10.7 Å². The summed E-state index contributed by atoms with van der Waals surface area (Å²) < 4.78 is 11.6. The van der Waals surface area contributed by atoms with Gasteiger partial charge in [-0.05, 0) is 55.0 Å². The lowest BCUT2D eigenvalue weighted by atomic mass is 10.2. The van der Waals surface area contributed by atoms with Crippen molar-refractivity contribution in [2.45, 2.75) is 13.0 Å². The quantitative estimate of drug-likeness (QED) is 0.770. The largest absolute Gasteiger partial charge is 0.493 e. The maximum Gasteiger partial charge on any atom is 0.344 e. The van der Waals surface area contributed by atoms with Crippen LogP contribution >= 0.6 is 15.9 Å². The zero-order valence-corrected chi connectivity index (χ0v) is 14.3. The molecule has 5 nitrogen and oxygen atoms in total. The number of nitrogens with zero attached hydrogens (tertiary/aromatic N) is 1. The Morgan fingerprint density at radius 1 is 1.22 bits per heavy atom. The number of rotatable bonds is 6. The minimum Gasteiger partial charge on any atom is -0.493 e. The lowest BCUT2D eigenvalue weighted by molar-refractivity contribution is -0.144. The van der Waals surface area contributed by atoms with E-state index in [-0.39, 0.29) is 0 Å². The zero-order chi connectivity index (χ0) is 16.8. The lowest BCUT2D eigenvalue weighted by Gasteiger charge is -2.14. The highest BCUT2D eigenvalue weighted by molar-refractivity contribution is 9.10. The molecule has 0 aliphatic rings. The molecule has 0 fully saturated rings. The van der Waals surface area contributed by atoms with Crippen LogP contribution in [-0.4, -0.2) is 30.5 Å². The first-order chi connectivity index (χ1) is 11.0. The number of ether oxygens (including phenoxy) is 2. The fraction of sp³-hybridized carbons (Fsp3) is 0.176. The molecule has 120 valence electrons. The predicted octanol–water partition coefficient (Wildman–Crippen LogP) is 4.06. The van der Waals surface area contributed by atoms with Gasteiger partial charge in [0.15, 0.2) is 17.6 Å². The third-order valence-electron chi connectivity index (χ3n) is 3.03. The minimum absolute atomic E-state index is 0.378. The van der Waals surface area contributed by atoms with Crippen LogP contribution in [0.5, 0.6) is 11.5 Å². The summed E-state index contributed by atoms with van der Waals surface area (Å²) in [5, 5.41) is 8.90. The van der Waals surface area contributed by atoms with Crippen LogP contribution in [0.25, 0.3) is 0 Å². The normalized spacial score (nSPS) is 12.1. The molecular formula is C17H16BrNO4. The molecule has 0 aliphatic heterocycles. The molecule has 0 amide bonds. The summed E-state index contributed by atoms with van der Waals surface area (Å²) in [6.45, 7) is 1.46. The van der Waals surface area contributed by atoms with Gasteiger partial charge < -0.3 is 14.6 Å². The van der Waals surface area contributed by atoms with Crippen LogP contribution in [0, 0.1) is 0 Å². The van der Waals surface area contributed by atoms with E-state index in [0.717, 1.165) is 15.7 Å². The maximum absolute atomic E-state index is 10.9. The van der Waals surface area contributed by atoms with Gasteiger partial charge in [-0.25, -0.2) is 4.79 Å². The Balaban J connectivity index is 2.18. The number of methoxy groups -OCH3 is 1. The summed E-state index contributed by atoms with van der Waals surface area (Å²) >= 11 is 3.37. The molecule has 2 aromatic rings. The standard InChI is InChI=1S/C17H16BrNO4/c1-11(17(20)21)23-15-8-3-12(9-16(15)22-2)10-19-14-6-4-13(18)5-7-14/h3-11H,1-2H3,(H,20,21)/t11-/m0/s1. The average molecular weight is 378 g/mol. The van der Waals surface area contributed by atoms with Gasteiger partial charge in [-0.3, -0.25) is 4.99 Å². The van der Waals surface area contributed by atoms with Gasteiger partial charge in [0.25, 0.3) is 0 Å². The SMILES string of the molecule is COc1cc(C=Nc2ccc(Br)cc2)ccc1O[C@@H](C)C(=O)O. The topological polar surface area (TPSA) is 68.1 Å². The third kappa shape index (κ3) is 4.82. The van der Waals surface area contributed by atoms with E-state index < -0.39 is 12.1 Å². The number of halogens is 1. The van der Waals surface area contributed by atoms with Crippen molar-refractivity contribution in [3.8, 4) is 11.5 Å². The molecule has 1 atom stereocenters. The van der Waals surface area contributed by atoms with Crippen molar-refractivity contribution in [1.29, 1.82) is 0 Å². The van der Waals surface area contributed by atoms with Crippen molar-refractivity contribution in [1.82, 2.24) is 0 Å². The van der Waals surface area contributed by atoms with Crippen LogP contribution in [0.4, 0.5) is 5.69 Å². The molecular weight excluding hydrogens is 362 g/mol. The monoisotopic (exact) mass is 377 g/mol. The number of carbonyl (C=O) groups is 1. The van der Waals surface area contributed by atoms with Crippen LogP contribution in [0.2, 0.25) is 0 Å². The average Bonchev–Trinajstić information content (AvgIpc) is 2.55. The Bertz CT molecular complexity index is 713. The van der Waals surface area contributed by atoms with Crippen molar-refractivity contribution < 1.29 is 19.4 Å². The molecule has 0 saturated carbocycles. The second-order valence-electron chi connectivity index (χ2n) is 4.74. The molecule has 0 aliphatic carbocycles. The molecule has 2 aromatic carbocycles. The molecule has 23 heavy (non-hydrogen) atoms. The molecule has 0 radical (unpaired) electrons. The first-order valence-corrected chi connectivity index (χ1v) is 7.66. The smallest absolute Gasteiger partial charge is 0.344 e. The van der Waals surface area contributed by atoms with E-state index in [1.807, 2.05) is 24.3 Å². The zero-order valence-electron chi connectivity index (χ0n) is 12.7. The molecule has 0 aromatic heterocycles. The number of benzene rings is 2. The molecule has 0 bridgehead atoms.